The Bertz CT molecular complexity index is 1430. The van der Waals surface area contributed by atoms with Crippen molar-refractivity contribution in [3.8, 4) is 16.9 Å². The number of imidazole rings is 1. The Balaban J connectivity index is 1.82. The van der Waals surface area contributed by atoms with Gasteiger partial charge in [0.2, 0.25) is 0 Å². The van der Waals surface area contributed by atoms with Crippen LogP contribution in [0.3, 0.4) is 0 Å². The van der Waals surface area contributed by atoms with E-state index in [1.807, 2.05) is 0 Å². The van der Waals surface area contributed by atoms with Crippen LogP contribution >= 0.6 is 11.6 Å². The average Bonchev–Trinajstić information content (AvgIpc) is 3.36. The Kier molecular flexibility index (Phi) is 7.03. The molecule has 2 aromatic heterocycles. The number of hydrogen-bond donors (Lipinski definition) is 2. The summed E-state index contributed by atoms with van der Waals surface area (Å²) < 4.78 is 56.3. The first-order chi connectivity index (χ1) is 16.9. The minimum atomic E-state index is -4.94. The maximum atomic E-state index is 13.8. The number of aliphatic hydroxyl groups excluding tert-OH is 2. The van der Waals surface area contributed by atoms with Crippen molar-refractivity contribution in [3.63, 3.8) is 0 Å². The first-order valence-corrected chi connectivity index (χ1v) is 11.0. The third-order valence-corrected chi connectivity index (χ3v) is 5.60. The van der Waals surface area contributed by atoms with E-state index in [9.17, 15) is 32.6 Å². The lowest BCUT2D eigenvalue weighted by atomic mass is 10.1. The Hall–Kier alpha value is -3.48. The number of aliphatic hydroxyl groups is 2. The van der Waals surface area contributed by atoms with Gasteiger partial charge >= 0.3 is 11.9 Å². The van der Waals surface area contributed by atoms with Crippen molar-refractivity contribution in [1.82, 2.24) is 23.9 Å². The van der Waals surface area contributed by atoms with Crippen molar-refractivity contribution in [1.29, 1.82) is 0 Å². The van der Waals surface area contributed by atoms with Gasteiger partial charge in [-0.3, -0.25) is 9.13 Å². The molecule has 0 spiro atoms. The first kappa shape index (κ1) is 25.6. The molecule has 4 aromatic rings. The molecule has 0 saturated carbocycles. The summed E-state index contributed by atoms with van der Waals surface area (Å²) in [5, 5.41) is 24.2. The van der Waals surface area contributed by atoms with E-state index < -0.39 is 36.4 Å². The van der Waals surface area contributed by atoms with Gasteiger partial charge in [-0.25, -0.2) is 18.9 Å². The molecule has 0 amide bonds. The SMILES string of the molecule is C[C@H](O)c1nc(Cn2cc(-c3ccc(Cl)cc3)n(CC(O)C(F)(F)F)c2=O)n(-c2cccc(F)c2)n1. The number of hydrogen-bond acceptors (Lipinski definition) is 5. The number of rotatable bonds is 7. The van der Waals surface area contributed by atoms with Gasteiger partial charge in [-0.1, -0.05) is 29.8 Å². The zero-order valence-corrected chi connectivity index (χ0v) is 19.4. The van der Waals surface area contributed by atoms with Gasteiger partial charge in [0.15, 0.2) is 17.8 Å². The molecule has 2 atom stereocenters. The summed E-state index contributed by atoms with van der Waals surface area (Å²) in [5.74, 6) is -0.427. The molecule has 13 heteroatoms. The molecule has 36 heavy (non-hydrogen) atoms. The molecule has 0 fully saturated rings. The zero-order chi connectivity index (χ0) is 26.2. The third kappa shape index (κ3) is 5.35. The Morgan fingerprint density at radius 2 is 1.81 bits per heavy atom. The summed E-state index contributed by atoms with van der Waals surface area (Å²) in [6, 6.07) is 11.5. The van der Waals surface area contributed by atoms with Gasteiger partial charge in [-0.05, 0) is 42.8 Å². The third-order valence-electron chi connectivity index (χ3n) is 5.35. The highest BCUT2D eigenvalue weighted by atomic mass is 35.5. The van der Waals surface area contributed by atoms with Crippen LogP contribution in [0.5, 0.6) is 0 Å². The van der Waals surface area contributed by atoms with Crippen LogP contribution < -0.4 is 5.69 Å². The van der Waals surface area contributed by atoms with Crippen molar-refractivity contribution in [3.05, 3.63) is 87.7 Å². The second-order valence-electron chi connectivity index (χ2n) is 8.05. The largest absolute Gasteiger partial charge is 0.416 e. The van der Waals surface area contributed by atoms with Gasteiger partial charge in [0, 0.05) is 11.2 Å². The number of halogens is 5. The van der Waals surface area contributed by atoms with Crippen molar-refractivity contribution in [2.75, 3.05) is 0 Å². The molecule has 2 heterocycles. The number of alkyl halides is 3. The predicted octanol–water partition coefficient (Wildman–Crippen LogP) is 3.71. The molecule has 8 nitrogen and oxygen atoms in total. The fraction of sp³-hybridized carbons (Fsp3) is 0.261. The lowest BCUT2D eigenvalue weighted by molar-refractivity contribution is -0.207. The van der Waals surface area contributed by atoms with E-state index in [0.717, 1.165) is 9.13 Å². The molecular weight excluding hydrogens is 506 g/mol. The quantitative estimate of drug-likeness (QED) is 0.358. The lowest BCUT2D eigenvalue weighted by Gasteiger charge is -2.16. The summed E-state index contributed by atoms with van der Waals surface area (Å²) >= 11 is 5.91. The Morgan fingerprint density at radius 3 is 2.42 bits per heavy atom. The molecular formula is C23H20ClF4N5O3. The molecule has 0 aliphatic heterocycles. The Labute approximate surface area is 206 Å². The second kappa shape index (κ2) is 9.88. The van der Waals surface area contributed by atoms with E-state index in [1.165, 1.54) is 60.3 Å². The van der Waals surface area contributed by atoms with Crippen molar-refractivity contribution >= 4 is 11.6 Å². The van der Waals surface area contributed by atoms with E-state index in [4.69, 9.17) is 11.6 Å². The van der Waals surface area contributed by atoms with Gasteiger partial charge in [0.1, 0.15) is 11.9 Å². The van der Waals surface area contributed by atoms with Gasteiger partial charge in [0.05, 0.1) is 24.5 Å². The molecule has 2 aromatic carbocycles. The van der Waals surface area contributed by atoms with E-state index in [1.54, 1.807) is 6.07 Å². The van der Waals surface area contributed by atoms with E-state index in [0.29, 0.717) is 10.6 Å². The maximum absolute atomic E-state index is 13.8. The summed E-state index contributed by atoms with van der Waals surface area (Å²) in [4.78, 5) is 17.4. The highest BCUT2D eigenvalue weighted by Crippen LogP contribution is 2.25. The highest BCUT2D eigenvalue weighted by molar-refractivity contribution is 6.30. The van der Waals surface area contributed by atoms with Crippen LogP contribution in [-0.4, -0.2) is 46.4 Å². The molecule has 0 radical (unpaired) electrons. The second-order valence-corrected chi connectivity index (χ2v) is 8.49. The molecule has 190 valence electrons. The maximum Gasteiger partial charge on any atom is 0.416 e. The van der Waals surface area contributed by atoms with Gasteiger partial charge < -0.3 is 10.2 Å². The van der Waals surface area contributed by atoms with Crippen LogP contribution in [0.25, 0.3) is 16.9 Å². The lowest BCUT2D eigenvalue weighted by Crippen LogP contribution is -2.37. The van der Waals surface area contributed by atoms with Crippen LogP contribution in [0.1, 0.15) is 24.7 Å². The predicted molar refractivity (Wildman–Crippen MR) is 122 cm³/mol. The molecule has 0 saturated heterocycles. The molecule has 1 unspecified atom stereocenters. The normalized spacial score (nSPS) is 13.7. The van der Waals surface area contributed by atoms with E-state index in [2.05, 4.69) is 10.1 Å². The topological polar surface area (TPSA) is 98.1 Å². The van der Waals surface area contributed by atoms with Crippen molar-refractivity contribution in [2.45, 2.75) is 38.4 Å². The number of benzene rings is 2. The smallest absolute Gasteiger partial charge is 0.385 e. The fourth-order valence-electron chi connectivity index (χ4n) is 3.56. The minimum absolute atomic E-state index is 0.00663. The van der Waals surface area contributed by atoms with Crippen molar-refractivity contribution < 1.29 is 27.8 Å². The van der Waals surface area contributed by atoms with Crippen LogP contribution in [0, 0.1) is 5.82 Å². The summed E-state index contributed by atoms with van der Waals surface area (Å²) in [7, 11) is 0. The van der Waals surface area contributed by atoms with Crippen LogP contribution in [0.15, 0.2) is 59.5 Å². The minimum Gasteiger partial charge on any atom is -0.385 e. The summed E-state index contributed by atoms with van der Waals surface area (Å²) in [6.45, 7) is 0.114. The monoisotopic (exact) mass is 525 g/mol. The zero-order valence-electron chi connectivity index (χ0n) is 18.7. The van der Waals surface area contributed by atoms with E-state index >= 15 is 0 Å². The standard InChI is InChI=1S/C23H20ClF4N5O3/c1-13(34)21-29-20(33(30-21)17-4-2-3-16(25)9-17)12-31-10-18(14-5-7-15(24)8-6-14)32(22(31)36)11-19(35)23(26,27)28/h2-10,13,19,34-35H,11-12H2,1H3/t13-,19?/m0/s1. The van der Waals surface area contributed by atoms with Gasteiger partial charge in [-0.15, -0.1) is 5.10 Å². The number of nitrogens with zero attached hydrogens (tertiary/aromatic N) is 5. The van der Waals surface area contributed by atoms with Crippen LogP contribution in [0.4, 0.5) is 17.6 Å². The van der Waals surface area contributed by atoms with Crippen LogP contribution in [0.2, 0.25) is 5.02 Å². The Morgan fingerprint density at radius 1 is 1.11 bits per heavy atom. The van der Waals surface area contributed by atoms with Gasteiger partial charge in [0.25, 0.3) is 0 Å². The molecule has 0 bridgehead atoms. The van der Waals surface area contributed by atoms with Crippen LogP contribution in [-0.2, 0) is 13.1 Å². The average molecular weight is 526 g/mol. The summed E-state index contributed by atoms with van der Waals surface area (Å²) in [5.41, 5.74) is -0.0913. The first-order valence-electron chi connectivity index (χ1n) is 10.6. The molecule has 0 aliphatic rings. The number of aromatic nitrogens is 5. The highest BCUT2D eigenvalue weighted by Gasteiger charge is 2.39. The molecule has 4 rings (SSSR count). The van der Waals surface area contributed by atoms with E-state index in [-0.39, 0.29) is 29.6 Å². The fourth-order valence-corrected chi connectivity index (χ4v) is 3.68. The molecule has 2 N–H and O–H groups in total. The van der Waals surface area contributed by atoms with Gasteiger partial charge in [-0.2, -0.15) is 13.2 Å². The molecule has 0 aliphatic carbocycles. The van der Waals surface area contributed by atoms with Crippen molar-refractivity contribution in [2.24, 2.45) is 0 Å². The summed E-state index contributed by atoms with van der Waals surface area (Å²) in [6.07, 6.45) is -7.48.